The molecular formula is C12H14Cl2NO. The predicted molar refractivity (Wildman–Crippen MR) is 68.2 cm³/mol. The van der Waals surface area contributed by atoms with E-state index >= 15 is 0 Å². The number of rotatable bonds is 5. The van der Waals surface area contributed by atoms with Gasteiger partial charge in [-0.1, -0.05) is 12.1 Å². The molecule has 2 nitrogen and oxygen atoms in total. The molecule has 0 saturated carbocycles. The Kier molecular flexibility index (Phi) is 5.64. The largest absolute Gasteiger partial charge is 0.336 e. The maximum absolute atomic E-state index is 12.1. The fraction of sp³-hybridized carbons (Fsp3) is 0.333. The summed E-state index contributed by atoms with van der Waals surface area (Å²) in [6.07, 6.45) is 0. The number of benzene rings is 1. The van der Waals surface area contributed by atoms with E-state index < -0.39 is 0 Å². The molecule has 0 saturated heterocycles. The van der Waals surface area contributed by atoms with Crippen molar-refractivity contribution in [3.8, 4) is 0 Å². The zero-order valence-corrected chi connectivity index (χ0v) is 10.5. The van der Waals surface area contributed by atoms with Crippen LogP contribution in [0.15, 0.2) is 24.3 Å². The Labute approximate surface area is 106 Å². The molecule has 1 aromatic carbocycles. The zero-order chi connectivity index (χ0) is 12.0. The molecular weight excluding hydrogens is 245 g/mol. The summed E-state index contributed by atoms with van der Waals surface area (Å²) < 4.78 is 0. The van der Waals surface area contributed by atoms with Gasteiger partial charge in [0.25, 0.3) is 5.91 Å². The fourth-order valence-electron chi connectivity index (χ4n) is 1.41. The molecule has 1 aromatic rings. The molecule has 0 aliphatic rings. The molecule has 0 bridgehead atoms. The van der Waals surface area contributed by atoms with Crippen LogP contribution in [-0.2, 0) is 0 Å². The van der Waals surface area contributed by atoms with Crippen LogP contribution in [0.1, 0.15) is 15.9 Å². The third-order valence-corrected chi connectivity index (χ3v) is 2.51. The van der Waals surface area contributed by atoms with Crippen molar-refractivity contribution in [2.24, 2.45) is 0 Å². The topological polar surface area (TPSA) is 20.3 Å². The Hall–Kier alpha value is -0.730. The van der Waals surface area contributed by atoms with Crippen molar-refractivity contribution in [2.75, 3.05) is 24.8 Å². The van der Waals surface area contributed by atoms with Crippen molar-refractivity contribution in [3.63, 3.8) is 0 Å². The highest BCUT2D eigenvalue weighted by molar-refractivity contribution is 6.18. The van der Waals surface area contributed by atoms with E-state index in [1.165, 1.54) is 0 Å². The Morgan fingerprint density at radius 2 is 1.88 bits per heavy atom. The number of nitrogens with zero attached hydrogens (tertiary/aromatic N) is 1. The summed E-state index contributed by atoms with van der Waals surface area (Å²) in [6.45, 7) is 4.81. The second kappa shape index (κ2) is 6.77. The second-order valence-corrected chi connectivity index (χ2v) is 4.13. The van der Waals surface area contributed by atoms with Crippen molar-refractivity contribution >= 4 is 29.1 Å². The minimum atomic E-state index is -0.0493. The van der Waals surface area contributed by atoms with E-state index in [0.717, 1.165) is 5.56 Å². The van der Waals surface area contributed by atoms with Crippen LogP contribution < -0.4 is 0 Å². The monoisotopic (exact) mass is 258 g/mol. The quantitative estimate of drug-likeness (QED) is 0.744. The Morgan fingerprint density at radius 1 is 1.25 bits per heavy atom. The number of alkyl halides is 2. The van der Waals surface area contributed by atoms with Gasteiger partial charge in [-0.2, -0.15) is 0 Å². The first kappa shape index (κ1) is 13.3. The van der Waals surface area contributed by atoms with Crippen LogP contribution in [0, 0.1) is 6.92 Å². The Balaban J connectivity index is 2.81. The molecule has 0 atom stereocenters. The highest BCUT2D eigenvalue weighted by Gasteiger charge is 2.14. The maximum atomic E-state index is 12.1. The van der Waals surface area contributed by atoms with Gasteiger partial charge in [0.1, 0.15) is 0 Å². The summed E-state index contributed by atoms with van der Waals surface area (Å²) in [6, 6.07) is 7.20. The van der Waals surface area contributed by atoms with E-state index in [2.05, 4.69) is 6.92 Å². The van der Waals surface area contributed by atoms with Crippen LogP contribution in [0.3, 0.4) is 0 Å². The van der Waals surface area contributed by atoms with Crippen molar-refractivity contribution in [3.05, 3.63) is 42.3 Å². The van der Waals surface area contributed by atoms with Crippen molar-refractivity contribution in [1.82, 2.24) is 4.90 Å². The van der Waals surface area contributed by atoms with Gasteiger partial charge in [-0.3, -0.25) is 4.79 Å². The molecule has 1 amide bonds. The average Bonchev–Trinajstić information content (AvgIpc) is 2.28. The van der Waals surface area contributed by atoms with Crippen LogP contribution in [0.2, 0.25) is 0 Å². The molecule has 0 fully saturated rings. The molecule has 0 aromatic heterocycles. The number of carbonyl (C=O) groups is 1. The minimum absolute atomic E-state index is 0.0493. The molecule has 1 rings (SSSR count). The summed E-state index contributed by atoms with van der Waals surface area (Å²) in [7, 11) is 0. The SMILES string of the molecule is [CH2]c1cccc(C(=O)N(CCCl)CCCl)c1. The summed E-state index contributed by atoms with van der Waals surface area (Å²) in [5.74, 6) is 0.770. The number of hydrogen-bond acceptors (Lipinski definition) is 1. The molecule has 0 N–H and O–H groups in total. The lowest BCUT2D eigenvalue weighted by atomic mass is 10.1. The van der Waals surface area contributed by atoms with Gasteiger partial charge in [-0.05, 0) is 24.6 Å². The number of amides is 1. The molecule has 0 heterocycles. The molecule has 0 aliphatic carbocycles. The van der Waals surface area contributed by atoms with Crippen LogP contribution in [0.4, 0.5) is 0 Å². The highest BCUT2D eigenvalue weighted by atomic mass is 35.5. The van der Waals surface area contributed by atoms with Gasteiger partial charge in [-0.15, -0.1) is 23.2 Å². The summed E-state index contributed by atoms with van der Waals surface area (Å²) >= 11 is 11.3. The van der Waals surface area contributed by atoms with E-state index in [1.807, 2.05) is 12.1 Å². The molecule has 0 spiro atoms. The molecule has 0 aliphatic heterocycles. The molecule has 0 unspecified atom stereocenters. The van der Waals surface area contributed by atoms with E-state index in [9.17, 15) is 4.79 Å². The van der Waals surface area contributed by atoms with Crippen LogP contribution >= 0.6 is 23.2 Å². The van der Waals surface area contributed by atoms with Gasteiger partial charge in [0.2, 0.25) is 0 Å². The van der Waals surface area contributed by atoms with E-state index in [4.69, 9.17) is 23.2 Å². The standard InChI is InChI=1S/C12H14Cl2NO/c1-10-3-2-4-11(9-10)12(16)15(7-5-13)8-6-14/h2-4,9H,1,5-8H2. The van der Waals surface area contributed by atoms with Crippen LogP contribution in [-0.4, -0.2) is 35.7 Å². The summed E-state index contributed by atoms with van der Waals surface area (Å²) in [5.41, 5.74) is 1.45. The molecule has 4 heteroatoms. The first-order chi connectivity index (χ1) is 7.69. The van der Waals surface area contributed by atoms with Gasteiger partial charge in [0.15, 0.2) is 0 Å². The smallest absolute Gasteiger partial charge is 0.253 e. The van der Waals surface area contributed by atoms with Crippen LogP contribution in [0.5, 0.6) is 0 Å². The lowest BCUT2D eigenvalue weighted by molar-refractivity contribution is 0.0775. The lowest BCUT2D eigenvalue weighted by Crippen LogP contribution is -2.34. The van der Waals surface area contributed by atoms with Crippen molar-refractivity contribution in [1.29, 1.82) is 0 Å². The molecule has 16 heavy (non-hydrogen) atoms. The average molecular weight is 259 g/mol. The maximum Gasteiger partial charge on any atom is 0.253 e. The van der Waals surface area contributed by atoms with Crippen molar-refractivity contribution in [2.45, 2.75) is 0 Å². The third-order valence-electron chi connectivity index (χ3n) is 2.17. The normalized spacial score (nSPS) is 10.2. The summed E-state index contributed by atoms with van der Waals surface area (Å²) in [4.78, 5) is 13.7. The Bertz CT molecular complexity index is 349. The van der Waals surface area contributed by atoms with Gasteiger partial charge < -0.3 is 4.90 Å². The molecule has 87 valence electrons. The summed E-state index contributed by atoms with van der Waals surface area (Å²) in [5, 5.41) is 0. The van der Waals surface area contributed by atoms with Crippen molar-refractivity contribution < 1.29 is 4.79 Å². The zero-order valence-electron chi connectivity index (χ0n) is 8.96. The van der Waals surface area contributed by atoms with E-state index in [-0.39, 0.29) is 5.91 Å². The first-order valence-corrected chi connectivity index (χ1v) is 6.09. The number of carbonyl (C=O) groups excluding carboxylic acids is 1. The second-order valence-electron chi connectivity index (χ2n) is 3.37. The van der Waals surface area contributed by atoms with E-state index in [0.29, 0.717) is 30.4 Å². The number of halogens is 2. The van der Waals surface area contributed by atoms with Crippen LogP contribution in [0.25, 0.3) is 0 Å². The van der Waals surface area contributed by atoms with Gasteiger partial charge in [0.05, 0.1) is 0 Å². The fourth-order valence-corrected chi connectivity index (χ4v) is 1.81. The predicted octanol–water partition coefficient (Wildman–Crippen LogP) is 2.79. The van der Waals surface area contributed by atoms with Gasteiger partial charge in [-0.25, -0.2) is 0 Å². The third kappa shape index (κ3) is 3.69. The lowest BCUT2D eigenvalue weighted by Gasteiger charge is -2.20. The minimum Gasteiger partial charge on any atom is -0.336 e. The van der Waals surface area contributed by atoms with Gasteiger partial charge in [0, 0.05) is 30.4 Å². The number of hydrogen-bond donors (Lipinski definition) is 0. The highest BCUT2D eigenvalue weighted by Crippen LogP contribution is 2.08. The van der Waals surface area contributed by atoms with Gasteiger partial charge >= 0.3 is 0 Å². The Morgan fingerprint density at radius 3 is 2.38 bits per heavy atom. The van der Waals surface area contributed by atoms with E-state index in [1.54, 1.807) is 17.0 Å². The molecule has 1 radical (unpaired) electrons. The first-order valence-electron chi connectivity index (χ1n) is 5.02.